The molecule has 0 saturated heterocycles. The Morgan fingerprint density at radius 2 is 1.95 bits per heavy atom. The standard InChI is InChI=1S/C14H14N4S/c1-9-5-3-4-6-11(9)18(2)12-10-7-8-19-13(10)17-14(15)16-12/h3-8H,1-2H3,(H2,15,16,17). The van der Waals surface area contributed by atoms with Crippen LogP contribution < -0.4 is 10.6 Å². The third kappa shape index (κ3) is 2.02. The average molecular weight is 270 g/mol. The molecule has 5 heteroatoms. The molecule has 1 aromatic carbocycles. The van der Waals surface area contributed by atoms with Crippen LogP contribution in [0.25, 0.3) is 10.2 Å². The largest absolute Gasteiger partial charge is 0.368 e. The second-order valence-electron chi connectivity index (χ2n) is 4.39. The molecule has 4 nitrogen and oxygen atoms in total. The van der Waals surface area contributed by atoms with E-state index >= 15 is 0 Å². The number of nitrogens with two attached hydrogens (primary N) is 1. The smallest absolute Gasteiger partial charge is 0.223 e. The summed E-state index contributed by atoms with van der Waals surface area (Å²) < 4.78 is 0. The van der Waals surface area contributed by atoms with Crippen molar-refractivity contribution in [1.82, 2.24) is 9.97 Å². The second-order valence-corrected chi connectivity index (χ2v) is 5.28. The number of nitrogens with zero attached hydrogens (tertiary/aromatic N) is 3. The molecule has 0 atom stereocenters. The number of benzene rings is 1. The summed E-state index contributed by atoms with van der Waals surface area (Å²) >= 11 is 1.57. The van der Waals surface area contributed by atoms with Gasteiger partial charge in [-0.15, -0.1) is 11.3 Å². The minimum Gasteiger partial charge on any atom is -0.368 e. The Bertz CT molecular complexity index is 735. The van der Waals surface area contributed by atoms with Crippen LogP contribution in [0.4, 0.5) is 17.5 Å². The van der Waals surface area contributed by atoms with Crippen LogP contribution in [-0.2, 0) is 0 Å². The molecule has 2 heterocycles. The van der Waals surface area contributed by atoms with Gasteiger partial charge in [-0.1, -0.05) is 18.2 Å². The molecule has 0 fully saturated rings. The van der Waals surface area contributed by atoms with Gasteiger partial charge < -0.3 is 10.6 Å². The number of fused-ring (bicyclic) bond motifs is 1. The van der Waals surface area contributed by atoms with Crippen molar-refractivity contribution in [2.45, 2.75) is 6.92 Å². The van der Waals surface area contributed by atoms with Crippen LogP contribution in [0.5, 0.6) is 0 Å². The molecule has 0 aliphatic rings. The quantitative estimate of drug-likeness (QED) is 0.776. The first-order chi connectivity index (χ1) is 9.16. The molecule has 96 valence electrons. The molecule has 0 radical (unpaired) electrons. The van der Waals surface area contributed by atoms with Gasteiger partial charge in [0.15, 0.2) is 0 Å². The second kappa shape index (κ2) is 4.51. The van der Waals surface area contributed by atoms with Gasteiger partial charge in [-0.05, 0) is 30.0 Å². The van der Waals surface area contributed by atoms with Gasteiger partial charge in [0.2, 0.25) is 5.95 Å². The first-order valence-electron chi connectivity index (χ1n) is 5.97. The van der Waals surface area contributed by atoms with E-state index in [1.165, 1.54) is 5.56 Å². The first-order valence-corrected chi connectivity index (χ1v) is 6.85. The van der Waals surface area contributed by atoms with Crippen LogP contribution in [0.2, 0.25) is 0 Å². The normalized spacial score (nSPS) is 10.8. The number of hydrogen-bond acceptors (Lipinski definition) is 5. The number of nitrogen functional groups attached to an aromatic ring is 1. The van der Waals surface area contributed by atoms with Crippen molar-refractivity contribution < 1.29 is 0 Å². The number of para-hydroxylation sites is 1. The number of aryl methyl sites for hydroxylation is 1. The highest BCUT2D eigenvalue weighted by atomic mass is 32.1. The van der Waals surface area contributed by atoms with E-state index < -0.39 is 0 Å². The van der Waals surface area contributed by atoms with Gasteiger partial charge in [-0.25, -0.2) is 4.98 Å². The van der Waals surface area contributed by atoms with E-state index in [2.05, 4.69) is 33.9 Å². The summed E-state index contributed by atoms with van der Waals surface area (Å²) in [6.07, 6.45) is 0. The van der Waals surface area contributed by atoms with Gasteiger partial charge >= 0.3 is 0 Å². The molecule has 0 unspecified atom stereocenters. The molecule has 2 aromatic heterocycles. The minimum absolute atomic E-state index is 0.311. The van der Waals surface area contributed by atoms with E-state index in [1.807, 2.05) is 30.6 Å². The van der Waals surface area contributed by atoms with Crippen molar-refractivity contribution in [1.29, 1.82) is 0 Å². The van der Waals surface area contributed by atoms with Crippen LogP contribution in [-0.4, -0.2) is 17.0 Å². The summed E-state index contributed by atoms with van der Waals surface area (Å²) in [4.78, 5) is 11.6. The SMILES string of the molecule is Cc1ccccc1N(C)c1nc(N)nc2sccc12. The summed E-state index contributed by atoms with van der Waals surface area (Å²) in [5, 5.41) is 3.04. The maximum Gasteiger partial charge on any atom is 0.223 e. The summed E-state index contributed by atoms with van der Waals surface area (Å²) in [5.74, 6) is 1.16. The zero-order valence-electron chi connectivity index (χ0n) is 10.8. The molecule has 0 aliphatic heterocycles. The molecular weight excluding hydrogens is 256 g/mol. The van der Waals surface area contributed by atoms with Gasteiger partial charge in [0.1, 0.15) is 10.6 Å². The monoisotopic (exact) mass is 270 g/mol. The highest BCUT2D eigenvalue weighted by Crippen LogP contribution is 2.32. The van der Waals surface area contributed by atoms with Crippen LogP contribution in [0, 0.1) is 6.92 Å². The Labute approximate surface area is 115 Å². The van der Waals surface area contributed by atoms with Crippen LogP contribution in [0.1, 0.15) is 5.56 Å². The molecule has 3 rings (SSSR count). The van der Waals surface area contributed by atoms with E-state index in [-0.39, 0.29) is 0 Å². The van der Waals surface area contributed by atoms with E-state index in [1.54, 1.807) is 11.3 Å². The number of rotatable bonds is 2. The third-order valence-electron chi connectivity index (χ3n) is 3.12. The Balaban J connectivity index is 2.19. The number of aromatic nitrogens is 2. The van der Waals surface area contributed by atoms with Crippen molar-refractivity contribution in [3.63, 3.8) is 0 Å². The summed E-state index contributed by atoms with van der Waals surface area (Å²) in [5.41, 5.74) is 8.11. The van der Waals surface area contributed by atoms with Crippen molar-refractivity contribution in [3.05, 3.63) is 41.3 Å². The van der Waals surface area contributed by atoms with Gasteiger partial charge in [-0.2, -0.15) is 4.98 Å². The van der Waals surface area contributed by atoms with Gasteiger partial charge in [0, 0.05) is 12.7 Å². The molecule has 19 heavy (non-hydrogen) atoms. The van der Waals surface area contributed by atoms with Gasteiger partial charge in [0.25, 0.3) is 0 Å². The first kappa shape index (κ1) is 11.9. The zero-order chi connectivity index (χ0) is 13.4. The molecule has 0 bridgehead atoms. The minimum atomic E-state index is 0.311. The van der Waals surface area contributed by atoms with Crippen LogP contribution in [0.3, 0.4) is 0 Å². The number of anilines is 3. The summed E-state index contributed by atoms with van der Waals surface area (Å²) in [6, 6.07) is 10.2. The predicted octanol–water partition coefficient (Wildman–Crippen LogP) is 3.35. The lowest BCUT2D eigenvalue weighted by Crippen LogP contribution is -2.14. The van der Waals surface area contributed by atoms with Crippen LogP contribution >= 0.6 is 11.3 Å². The average Bonchev–Trinajstić information content (AvgIpc) is 2.85. The Morgan fingerprint density at radius 1 is 1.16 bits per heavy atom. The van der Waals surface area contributed by atoms with Crippen LogP contribution in [0.15, 0.2) is 35.7 Å². The predicted molar refractivity (Wildman–Crippen MR) is 81.1 cm³/mol. The van der Waals surface area contributed by atoms with E-state index in [4.69, 9.17) is 5.73 Å². The van der Waals surface area contributed by atoms with Crippen molar-refractivity contribution in [2.75, 3.05) is 17.7 Å². The lowest BCUT2D eigenvalue weighted by atomic mass is 10.2. The lowest BCUT2D eigenvalue weighted by molar-refractivity contribution is 1.11. The van der Waals surface area contributed by atoms with E-state index in [9.17, 15) is 0 Å². The Hall–Kier alpha value is -2.14. The van der Waals surface area contributed by atoms with E-state index in [0.717, 1.165) is 21.7 Å². The van der Waals surface area contributed by atoms with Crippen molar-refractivity contribution in [3.8, 4) is 0 Å². The lowest BCUT2D eigenvalue weighted by Gasteiger charge is -2.21. The molecule has 2 N–H and O–H groups in total. The maximum absolute atomic E-state index is 5.80. The van der Waals surface area contributed by atoms with E-state index in [0.29, 0.717) is 5.95 Å². The van der Waals surface area contributed by atoms with Crippen molar-refractivity contribution >= 4 is 39.0 Å². The molecular formula is C14H14N4S. The molecule has 0 amide bonds. The maximum atomic E-state index is 5.80. The number of hydrogen-bond donors (Lipinski definition) is 1. The topological polar surface area (TPSA) is 55.0 Å². The fourth-order valence-corrected chi connectivity index (χ4v) is 2.93. The van der Waals surface area contributed by atoms with Gasteiger partial charge in [0.05, 0.1) is 5.39 Å². The van der Waals surface area contributed by atoms with Crippen molar-refractivity contribution in [2.24, 2.45) is 0 Å². The highest BCUT2D eigenvalue weighted by molar-refractivity contribution is 7.16. The van der Waals surface area contributed by atoms with Gasteiger partial charge in [-0.3, -0.25) is 0 Å². The number of thiophene rings is 1. The summed E-state index contributed by atoms with van der Waals surface area (Å²) in [7, 11) is 2.00. The zero-order valence-corrected chi connectivity index (χ0v) is 11.6. The molecule has 3 aromatic rings. The Morgan fingerprint density at radius 3 is 2.74 bits per heavy atom. The molecule has 0 spiro atoms. The highest BCUT2D eigenvalue weighted by Gasteiger charge is 2.14. The Kier molecular flexibility index (Phi) is 2.83. The molecule has 0 saturated carbocycles. The fourth-order valence-electron chi connectivity index (χ4n) is 2.17. The fraction of sp³-hybridized carbons (Fsp3) is 0.143. The molecule has 0 aliphatic carbocycles. The summed E-state index contributed by atoms with van der Waals surface area (Å²) in [6.45, 7) is 2.08. The third-order valence-corrected chi connectivity index (χ3v) is 3.92.